The number of nitrogens with zero attached hydrogens (tertiary/aromatic N) is 1. The summed E-state index contributed by atoms with van der Waals surface area (Å²) in [7, 11) is 0. The fourth-order valence-corrected chi connectivity index (χ4v) is 2.13. The first-order valence-electron chi connectivity index (χ1n) is 5.25. The summed E-state index contributed by atoms with van der Waals surface area (Å²) in [4.78, 5) is 2.32. The van der Waals surface area contributed by atoms with Crippen LogP contribution in [0.25, 0.3) is 0 Å². The van der Waals surface area contributed by atoms with Crippen molar-refractivity contribution in [1.29, 1.82) is 0 Å². The average molecular weight is 186 g/mol. The minimum Gasteiger partial charge on any atom is -0.392 e. The van der Waals surface area contributed by atoms with E-state index in [1.165, 1.54) is 12.8 Å². The second-order valence-corrected chi connectivity index (χ2v) is 4.36. The number of nitrogens with two attached hydrogens (primary N) is 1. The van der Waals surface area contributed by atoms with E-state index >= 15 is 0 Å². The molecule has 13 heavy (non-hydrogen) atoms. The van der Waals surface area contributed by atoms with Crippen molar-refractivity contribution in [2.24, 2.45) is 11.7 Å². The van der Waals surface area contributed by atoms with E-state index in [-0.39, 0.29) is 6.10 Å². The minimum atomic E-state index is -0.234. The number of β-amino-alcohol motifs (C(OH)–C–C–N with tert-alkyl or cyclic N) is 1. The molecule has 0 saturated carbocycles. The molecule has 78 valence electrons. The van der Waals surface area contributed by atoms with Crippen LogP contribution in [0.5, 0.6) is 0 Å². The third-order valence-electron chi connectivity index (χ3n) is 2.87. The highest BCUT2D eigenvalue weighted by Gasteiger charge is 2.25. The molecule has 3 heteroatoms. The Morgan fingerprint density at radius 2 is 2.31 bits per heavy atom. The Morgan fingerprint density at radius 1 is 1.62 bits per heavy atom. The maximum absolute atomic E-state index is 9.30. The zero-order valence-corrected chi connectivity index (χ0v) is 8.74. The molecule has 1 saturated heterocycles. The lowest BCUT2D eigenvalue weighted by atomic mass is 9.92. The number of hydrogen-bond donors (Lipinski definition) is 2. The van der Waals surface area contributed by atoms with Crippen molar-refractivity contribution in [2.45, 2.75) is 38.8 Å². The van der Waals surface area contributed by atoms with E-state index in [1.807, 2.05) is 6.92 Å². The van der Waals surface area contributed by atoms with Crippen molar-refractivity contribution >= 4 is 0 Å². The molecular formula is C10H22N2O. The summed E-state index contributed by atoms with van der Waals surface area (Å²) in [6.45, 7) is 6.70. The SMILES string of the molecule is CC1CCN(C[C@H](C)O)C(CN)C1. The lowest BCUT2D eigenvalue weighted by Gasteiger charge is -2.38. The van der Waals surface area contributed by atoms with Gasteiger partial charge in [0.15, 0.2) is 0 Å². The van der Waals surface area contributed by atoms with Crippen LogP contribution in [0, 0.1) is 5.92 Å². The number of aliphatic hydroxyl groups excluding tert-OH is 1. The maximum atomic E-state index is 9.30. The molecule has 3 N–H and O–H groups in total. The largest absolute Gasteiger partial charge is 0.392 e. The van der Waals surface area contributed by atoms with Crippen LogP contribution in [0.3, 0.4) is 0 Å². The van der Waals surface area contributed by atoms with Crippen LogP contribution in [0.4, 0.5) is 0 Å². The van der Waals surface area contributed by atoms with E-state index in [0.717, 1.165) is 25.6 Å². The van der Waals surface area contributed by atoms with Crippen LogP contribution in [-0.2, 0) is 0 Å². The van der Waals surface area contributed by atoms with Crippen LogP contribution in [0.1, 0.15) is 26.7 Å². The monoisotopic (exact) mass is 186 g/mol. The van der Waals surface area contributed by atoms with Gasteiger partial charge >= 0.3 is 0 Å². The van der Waals surface area contributed by atoms with Crippen molar-refractivity contribution in [3.05, 3.63) is 0 Å². The predicted octanol–water partition coefficient (Wildman–Crippen LogP) is 0.426. The van der Waals surface area contributed by atoms with Crippen LogP contribution >= 0.6 is 0 Å². The van der Waals surface area contributed by atoms with E-state index in [9.17, 15) is 5.11 Å². The molecule has 1 rings (SSSR count). The molecule has 1 fully saturated rings. The second-order valence-electron chi connectivity index (χ2n) is 4.36. The third-order valence-corrected chi connectivity index (χ3v) is 2.87. The van der Waals surface area contributed by atoms with Gasteiger partial charge in [0.25, 0.3) is 0 Å². The lowest BCUT2D eigenvalue weighted by molar-refractivity contribution is 0.0648. The normalized spacial score (nSPS) is 33.2. The maximum Gasteiger partial charge on any atom is 0.0639 e. The number of hydrogen-bond acceptors (Lipinski definition) is 3. The Hall–Kier alpha value is -0.120. The zero-order chi connectivity index (χ0) is 9.84. The third kappa shape index (κ3) is 3.25. The Morgan fingerprint density at radius 3 is 2.85 bits per heavy atom. The summed E-state index contributed by atoms with van der Waals surface area (Å²) in [5.41, 5.74) is 5.71. The van der Waals surface area contributed by atoms with Crippen molar-refractivity contribution in [3.63, 3.8) is 0 Å². The van der Waals surface area contributed by atoms with Crippen molar-refractivity contribution in [3.8, 4) is 0 Å². The Labute approximate surface area is 80.9 Å². The second kappa shape index (κ2) is 4.94. The molecule has 1 aliphatic heterocycles. The number of piperidine rings is 1. The van der Waals surface area contributed by atoms with Gasteiger partial charge in [-0.2, -0.15) is 0 Å². The molecule has 0 aliphatic carbocycles. The molecular weight excluding hydrogens is 164 g/mol. The highest BCUT2D eigenvalue weighted by atomic mass is 16.3. The summed E-state index contributed by atoms with van der Waals surface area (Å²) >= 11 is 0. The fraction of sp³-hybridized carbons (Fsp3) is 1.00. The first-order valence-corrected chi connectivity index (χ1v) is 5.25. The lowest BCUT2D eigenvalue weighted by Crippen LogP contribution is -2.48. The Kier molecular flexibility index (Phi) is 4.16. The molecule has 0 aromatic rings. The molecule has 0 spiro atoms. The smallest absolute Gasteiger partial charge is 0.0639 e. The predicted molar refractivity (Wildman–Crippen MR) is 54.5 cm³/mol. The van der Waals surface area contributed by atoms with Gasteiger partial charge in [-0.1, -0.05) is 6.92 Å². The van der Waals surface area contributed by atoms with Crippen molar-refractivity contribution < 1.29 is 5.11 Å². The highest BCUT2D eigenvalue weighted by molar-refractivity contribution is 4.81. The fourth-order valence-electron chi connectivity index (χ4n) is 2.13. The van der Waals surface area contributed by atoms with Gasteiger partial charge in [0.2, 0.25) is 0 Å². The Bertz CT molecular complexity index is 150. The van der Waals surface area contributed by atoms with E-state index in [1.54, 1.807) is 0 Å². The average Bonchev–Trinajstić information content (AvgIpc) is 2.07. The van der Waals surface area contributed by atoms with E-state index < -0.39 is 0 Å². The van der Waals surface area contributed by atoms with Crippen LogP contribution < -0.4 is 5.73 Å². The van der Waals surface area contributed by atoms with Crippen molar-refractivity contribution in [2.75, 3.05) is 19.6 Å². The van der Waals surface area contributed by atoms with Gasteiger partial charge < -0.3 is 10.8 Å². The molecule has 0 bridgehead atoms. The van der Waals surface area contributed by atoms with Gasteiger partial charge in [-0.05, 0) is 32.2 Å². The van der Waals surface area contributed by atoms with Gasteiger partial charge in [0.05, 0.1) is 6.10 Å². The van der Waals surface area contributed by atoms with E-state index in [2.05, 4.69) is 11.8 Å². The molecule has 2 unspecified atom stereocenters. The van der Waals surface area contributed by atoms with Gasteiger partial charge in [-0.3, -0.25) is 4.90 Å². The van der Waals surface area contributed by atoms with Crippen molar-refractivity contribution in [1.82, 2.24) is 4.90 Å². The van der Waals surface area contributed by atoms with Crippen LogP contribution in [0.2, 0.25) is 0 Å². The zero-order valence-electron chi connectivity index (χ0n) is 8.74. The number of aliphatic hydroxyl groups is 1. The summed E-state index contributed by atoms with van der Waals surface area (Å²) in [6.07, 6.45) is 2.19. The topological polar surface area (TPSA) is 49.5 Å². The van der Waals surface area contributed by atoms with Gasteiger partial charge in [-0.15, -0.1) is 0 Å². The summed E-state index contributed by atoms with van der Waals surface area (Å²) in [5, 5.41) is 9.30. The summed E-state index contributed by atoms with van der Waals surface area (Å²) in [5.74, 6) is 0.791. The summed E-state index contributed by atoms with van der Waals surface area (Å²) in [6, 6.07) is 0.485. The molecule has 3 atom stereocenters. The standard InChI is InChI=1S/C10H22N2O/c1-8-3-4-12(7-9(2)13)10(5-8)6-11/h8-10,13H,3-7,11H2,1-2H3/t8?,9-,10?/m0/s1. The quantitative estimate of drug-likeness (QED) is 0.672. The minimum absolute atomic E-state index is 0.234. The molecule has 0 aromatic heterocycles. The van der Waals surface area contributed by atoms with Crippen LogP contribution in [-0.4, -0.2) is 41.8 Å². The number of likely N-dealkylation sites (tertiary alicyclic amines) is 1. The highest BCUT2D eigenvalue weighted by Crippen LogP contribution is 2.21. The molecule has 3 nitrogen and oxygen atoms in total. The van der Waals surface area contributed by atoms with E-state index in [4.69, 9.17) is 5.73 Å². The first-order chi connectivity index (χ1) is 6.13. The number of rotatable bonds is 3. The molecule has 0 radical (unpaired) electrons. The van der Waals surface area contributed by atoms with Gasteiger partial charge in [0, 0.05) is 19.1 Å². The molecule has 0 amide bonds. The Balaban J connectivity index is 2.42. The van der Waals surface area contributed by atoms with E-state index in [0.29, 0.717) is 6.04 Å². The summed E-state index contributed by atoms with van der Waals surface area (Å²) < 4.78 is 0. The first kappa shape index (κ1) is 11.0. The molecule has 1 aliphatic rings. The van der Waals surface area contributed by atoms with Gasteiger partial charge in [0.1, 0.15) is 0 Å². The molecule has 0 aromatic carbocycles. The van der Waals surface area contributed by atoms with Gasteiger partial charge in [-0.25, -0.2) is 0 Å². The molecule has 1 heterocycles. The van der Waals surface area contributed by atoms with Crippen LogP contribution in [0.15, 0.2) is 0 Å².